The smallest absolute Gasteiger partial charge is 0.341 e. The molecule has 0 saturated heterocycles. The largest absolute Gasteiger partial charge is 0.468 e. The molecule has 5 nitrogen and oxygen atoms in total. The molecule has 0 fully saturated rings. The molecule has 0 aliphatic carbocycles. The quantitative estimate of drug-likeness (QED) is 0.850. The minimum atomic E-state index is -0.600. The molecule has 0 bridgehead atoms. The molecule has 0 saturated carbocycles. The van der Waals surface area contributed by atoms with Gasteiger partial charge in [0, 0.05) is 10.2 Å². The van der Waals surface area contributed by atoms with E-state index in [0.29, 0.717) is 5.71 Å². The number of aliphatic imine (C=N–C) groups is 1. The number of esters is 1. The van der Waals surface area contributed by atoms with Crippen LogP contribution in [-0.4, -0.2) is 24.8 Å². The molecule has 6 heteroatoms. The van der Waals surface area contributed by atoms with E-state index < -0.39 is 24.0 Å². The van der Waals surface area contributed by atoms with Gasteiger partial charge >= 0.3 is 12.0 Å². The highest BCUT2D eigenvalue weighted by Gasteiger charge is 2.37. The zero-order valence-electron chi connectivity index (χ0n) is 10.5. The van der Waals surface area contributed by atoms with Gasteiger partial charge in [-0.3, -0.25) is 4.79 Å². The van der Waals surface area contributed by atoms with Gasteiger partial charge in [0.05, 0.1) is 13.2 Å². The summed E-state index contributed by atoms with van der Waals surface area (Å²) in [6.07, 6.45) is 0. The molecule has 2 atom stereocenters. The lowest BCUT2D eigenvalue weighted by Gasteiger charge is -2.29. The van der Waals surface area contributed by atoms with Gasteiger partial charge in [-0.1, -0.05) is 28.1 Å². The molecule has 100 valence electrons. The second-order valence-electron chi connectivity index (χ2n) is 4.24. The van der Waals surface area contributed by atoms with E-state index in [1.165, 1.54) is 7.11 Å². The van der Waals surface area contributed by atoms with E-state index in [0.717, 1.165) is 10.0 Å². The van der Waals surface area contributed by atoms with Crippen molar-refractivity contribution in [1.29, 1.82) is 0 Å². The average molecular weight is 325 g/mol. The molecule has 1 aliphatic rings. The fraction of sp³-hybridized carbons (Fsp3) is 0.308. The fourth-order valence-electron chi connectivity index (χ4n) is 2.13. The normalized spacial score (nSPS) is 22.5. The van der Waals surface area contributed by atoms with Gasteiger partial charge in [-0.25, -0.2) is 9.79 Å². The number of carbonyl (C=O) groups is 2. The number of amides is 2. The first-order valence-corrected chi connectivity index (χ1v) is 6.51. The van der Waals surface area contributed by atoms with Crippen molar-refractivity contribution in [2.24, 2.45) is 10.9 Å². The molecule has 1 aromatic carbocycles. The summed E-state index contributed by atoms with van der Waals surface area (Å²) in [5.41, 5.74) is 1.29. The molecule has 1 heterocycles. The molecule has 1 N–H and O–H groups in total. The van der Waals surface area contributed by atoms with Crippen LogP contribution < -0.4 is 5.32 Å². The highest BCUT2D eigenvalue weighted by atomic mass is 79.9. The first-order valence-electron chi connectivity index (χ1n) is 5.72. The van der Waals surface area contributed by atoms with Crippen LogP contribution in [-0.2, 0) is 9.53 Å². The van der Waals surface area contributed by atoms with Crippen molar-refractivity contribution in [2.75, 3.05) is 7.11 Å². The Morgan fingerprint density at radius 3 is 2.84 bits per heavy atom. The first kappa shape index (κ1) is 13.7. The van der Waals surface area contributed by atoms with E-state index in [1.807, 2.05) is 24.3 Å². The number of urea groups is 1. The number of benzene rings is 1. The van der Waals surface area contributed by atoms with Crippen LogP contribution in [0.3, 0.4) is 0 Å². The number of carbonyl (C=O) groups excluding carboxylic acids is 2. The third-order valence-corrected chi connectivity index (χ3v) is 3.50. The summed E-state index contributed by atoms with van der Waals surface area (Å²) in [5.74, 6) is -1.01. The second-order valence-corrected chi connectivity index (χ2v) is 5.15. The summed E-state index contributed by atoms with van der Waals surface area (Å²) in [6, 6.07) is 6.53. The summed E-state index contributed by atoms with van der Waals surface area (Å²) in [7, 11) is 1.32. The molecule has 1 aromatic rings. The Kier molecular flexibility index (Phi) is 3.99. The predicted octanol–water partition coefficient (Wildman–Crippen LogP) is 2.46. The molecular formula is C13H13BrN2O3. The van der Waals surface area contributed by atoms with Crippen molar-refractivity contribution < 1.29 is 14.3 Å². The Morgan fingerprint density at radius 2 is 2.21 bits per heavy atom. The van der Waals surface area contributed by atoms with Crippen LogP contribution in [0.4, 0.5) is 4.79 Å². The zero-order chi connectivity index (χ0) is 14.0. The van der Waals surface area contributed by atoms with Crippen LogP contribution in [0.25, 0.3) is 0 Å². The third kappa shape index (κ3) is 2.84. The number of nitrogens with zero attached hydrogens (tertiary/aromatic N) is 1. The van der Waals surface area contributed by atoms with Gasteiger partial charge in [0.25, 0.3) is 0 Å². The van der Waals surface area contributed by atoms with Gasteiger partial charge in [-0.05, 0) is 24.6 Å². The summed E-state index contributed by atoms with van der Waals surface area (Å²) < 4.78 is 5.67. The second kappa shape index (κ2) is 5.52. The van der Waals surface area contributed by atoms with Crippen molar-refractivity contribution in [3.05, 3.63) is 34.3 Å². The standard InChI is InChI=1S/C13H13BrN2O3/c1-7-10(12(17)19-2)11(16-13(18)15-7)8-4-3-5-9(14)6-8/h3-6,10-11H,1-2H3,(H,16,18). The molecule has 1 aliphatic heterocycles. The van der Waals surface area contributed by atoms with Crippen LogP contribution in [0.5, 0.6) is 0 Å². The molecule has 0 radical (unpaired) electrons. The van der Waals surface area contributed by atoms with Gasteiger partial charge in [-0.2, -0.15) is 0 Å². The molecule has 2 amide bonds. The summed E-state index contributed by atoms with van der Waals surface area (Å²) in [4.78, 5) is 27.2. The number of halogens is 1. The van der Waals surface area contributed by atoms with Crippen molar-refractivity contribution in [1.82, 2.24) is 5.32 Å². The maximum atomic E-state index is 11.9. The van der Waals surface area contributed by atoms with Gasteiger partial charge in [0.2, 0.25) is 0 Å². The molecular weight excluding hydrogens is 312 g/mol. The maximum absolute atomic E-state index is 11.9. The van der Waals surface area contributed by atoms with Crippen molar-refractivity contribution in [3.63, 3.8) is 0 Å². The molecule has 0 aromatic heterocycles. The lowest BCUT2D eigenvalue weighted by atomic mass is 9.88. The Labute approximate surface area is 119 Å². The summed E-state index contributed by atoms with van der Waals surface area (Å²) in [6.45, 7) is 1.66. The maximum Gasteiger partial charge on any atom is 0.341 e. The molecule has 0 spiro atoms. The number of ether oxygens (including phenoxy) is 1. The van der Waals surface area contributed by atoms with E-state index in [1.54, 1.807) is 6.92 Å². The fourth-order valence-corrected chi connectivity index (χ4v) is 2.55. The molecule has 2 unspecified atom stereocenters. The third-order valence-electron chi connectivity index (χ3n) is 3.00. The van der Waals surface area contributed by atoms with Gasteiger partial charge < -0.3 is 10.1 Å². The van der Waals surface area contributed by atoms with Crippen LogP contribution >= 0.6 is 15.9 Å². The number of nitrogens with one attached hydrogen (secondary N) is 1. The first-order chi connectivity index (χ1) is 9.02. The number of rotatable bonds is 2. The van der Waals surface area contributed by atoms with Crippen molar-refractivity contribution in [3.8, 4) is 0 Å². The Balaban J connectivity index is 2.44. The number of hydrogen-bond donors (Lipinski definition) is 1. The summed E-state index contributed by atoms with van der Waals surface area (Å²) >= 11 is 3.37. The number of methoxy groups -OCH3 is 1. The lowest BCUT2D eigenvalue weighted by Crippen LogP contribution is -2.44. The SMILES string of the molecule is COC(=O)C1C(C)=NC(=O)NC1c1cccc(Br)c1. The average Bonchev–Trinajstić information content (AvgIpc) is 2.37. The van der Waals surface area contributed by atoms with Gasteiger partial charge in [0.1, 0.15) is 5.92 Å². The topological polar surface area (TPSA) is 67.8 Å². The minimum Gasteiger partial charge on any atom is -0.468 e. The highest BCUT2D eigenvalue weighted by molar-refractivity contribution is 9.10. The Hall–Kier alpha value is -1.69. The van der Waals surface area contributed by atoms with Crippen molar-refractivity contribution in [2.45, 2.75) is 13.0 Å². The van der Waals surface area contributed by atoms with Gasteiger partial charge in [-0.15, -0.1) is 0 Å². The molecule has 19 heavy (non-hydrogen) atoms. The van der Waals surface area contributed by atoms with E-state index in [4.69, 9.17) is 4.74 Å². The number of hydrogen-bond acceptors (Lipinski definition) is 3. The monoisotopic (exact) mass is 324 g/mol. The van der Waals surface area contributed by atoms with Crippen molar-refractivity contribution >= 4 is 33.6 Å². The van der Waals surface area contributed by atoms with E-state index in [2.05, 4.69) is 26.2 Å². The molecule has 2 rings (SSSR count). The highest BCUT2D eigenvalue weighted by Crippen LogP contribution is 2.29. The Bertz CT molecular complexity index is 557. The predicted molar refractivity (Wildman–Crippen MR) is 74.0 cm³/mol. The summed E-state index contributed by atoms with van der Waals surface area (Å²) in [5, 5.41) is 2.71. The van der Waals surface area contributed by atoms with E-state index in [-0.39, 0.29) is 0 Å². The minimum absolute atomic E-state index is 0.411. The zero-order valence-corrected chi connectivity index (χ0v) is 12.1. The van der Waals surface area contributed by atoms with Crippen LogP contribution in [0, 0.1) is 5.92 Å². The van der Waals surface area contributed by atoms with Crippen LogP contribution in [0.2, 0.25) is 0 Å². The van der Waals surface area contributed by atoms with E-state index in [9.17, 15) is 9.59 Å². The van der Waals surface area contributed by atoms with Crippen LogP contribution in [0.1, 0.15) is 18.5 Å². The van der Waals surface area contributed by atoms with E-state index >= 15 is 0 Å². The lowest BCUT2D eigenvalue weighted by molar-refractivity contribution is -0.143. The Morgan fingerprint density at radius 1 is 1.47 bits per heavy atom. The van der Waals surface area contributed by atoms with Gasteiger partial charge in [0.15, 0.2) is 0 Å². The van der Waals surface area contributed by atoms with Crippen LogP contribution in [0.15, 0.2) is 33.7 Å².